The zero-order valence-electron chi connectivity index (χ0n) is 35.5. The topological polar surface area (TPSA) is 81.7 Å². The fraction of sp³-hybridized carbons (Fsp3) is 0.346. The second kappa shape index (κ2) is 20.5. The molecule has 5 aromatic carbocycles. The summed E-state index contributed by atoms with van der Waals surface area (Å²) in [5.74, 6) is -0.350. The fourth-order valence-corrected chi connectivity index (χ4v) is 9.52. The second-order valence-electron chi connectivity index (χ2n) is 15.8. The number of fused-ring (bicyclic) bond motifs is 5. The highest BCUT2D eigenvalue weighted by molar-refractivity contribution is 7.99. The van der Waals surface area contributed by atoms with Crippen molar-refractivity contribution in [2.45, 2.75) is 114 Å². The molecule has 6 aromatic rings. The summed E-state index contributed by atoms with van der Waals surface area (Å²) in [5.41, 5.74) is 8.36. The molecule has 0 spiro atoms. The molecular formula is C52H58N4O3S. The van der Waals surface area contributed by atoms with Gasteiger partial charge in [-0.2, -0.15) is 5.26 Å². The van der Waals surface area contributed by atoms with Crippen LogP contribution in [0.2, 0.25) is 0 Å². The molecule has 1 aliphatic heterocycles. The predicted molar refractivity (Wildman–Crippen MR) is 251 cm³/mol. The van der Waals surface area contributed by atoms with Gasteiger partial charge < -0.3 is 24.2 Å². The standard InChI is InChI=1S/C52H58N4O3S/c1-4-7-10-15-30-54-46-19-14-13-18-44(46)45-35-41(23-28-47(45)54)56(40-21-25-43(26-22-40)59-32-17-12-9-6-3)42-24-29-49-51(36-42)60-50-34-38(33-39(37-53)52(57)58)20-27-48(50)55(49)31-16-11-8-5-2/h13-14,18-29,33-36H,4-12,15-17,30-32H2,1-3H3,(H,57,58)/b39-33-. The number of aliphatic carboxylic acids is 1. The van der Waals surface area contributed by atoms with Gasteiger partial charge in [0, 0.05) is 61.7 Å². The summed E-state index contributed by atoms with van der Waals surface area (Å²) in [5, 5.41) is 21.6. The van der Waals surface area contributed by atoms with Crippen LogP contribution in [0.5, 0.6) is 5.75 Å². The number of carboxylic acid groups (broad SMARTS) is 1. The Bertz CT molecular complexity index is 2480. The Hall–Kier alpha value is -5.65. The van der Waals surface area contributed by atoms with Crippen molar-refractivity contribution in [3.05, 3.63) is 114 Å². The summed E-state index contributed by atoms with van der Waals surface area (Å²) in [4.78, 5) is 18.7. The van der Waals surface area contributed by atoms with Crippen molar-refractivity contribution in [3.8, 4) is 11.8 Å². The molecule has 2 heterocycles. The molecule has 0 atom stereocenters. The molecule has 1 aromatic heterocycles. The van der Waals surface area contributed by atoms with Gasteiger partial charge in [-0.25, -0.2) is 4.79 Å². The van der Waals surface area contributed by atoms with Crippen molar-refractivity contribution in [1.82, 2.24) is 4.57 Å². The number of aryl methyl sites for hydroxylation is 1. The quantitative estimate of drug-likeness (QED) is 0.0440. The molecule has 7 rings (SSSR count). The van der Waals surface area contributed by atoms with Crippen molar-refractivity contribution >= 4 is 74.0 Å². The maximum atomic E-state index is 11.7. The number of benzene rings is 5. The van der Waals surface area contributed by atoms with Gasteiger partial charge in [-0.1, -0.05) is 115 Å². The lowest BCUT2D eigenvalue weighted by Crippen LogP contribution is -2.22. The average Bonchev–Trinajstić information content (AvgIpc) is 3.58. The number of nitrogens with zero attached hydrogens (tertiary/aromatic N) is 4. The molecule has 8 heteroatoms. The fourth-order valence-electron chi connectivity index (χ4n) is 8.34. The first-order valence-electron chi connectivity index (χ1n) is 22.1. The van der Waals surface area contributed by atoms with Crippen LogP contribution in [0.25, 0.3) is 27.9 Å². The molecule has 0 saturated carbocycles. The Morgan fingerprint density at radius 1 is 0.683 bits per heavy atom. The lowest BCUT2D eigenvalue weighted by atomic mass is 10.1. The Morgan fingerprint density at radius 2 is 1.30 bits per heavy atom. The number of carbonyl (C=O) groups is 1. The Balaban J connectivity index is 1.31. The molecule has 7 nitrogen and oxygen atoms in total. The first kappa shape index (κ1) is 42.5. The lowest BCUT2D eigenvalue weighted by molar-refractivity contribution is -0.132. The molecule has 0 aliphatic carbocycles. The summed E-state index contributed by atoms with van der Waals surface area (Å²) >= 11 is 1.69. The van der Waals surface area contributed by atoms with Crippen LogP contribution in [0.15, 0.2) is 118 Å². The number of anilines is 5. The summed E-state index contributed by atoms with van der Waals surface area (Å²) < 4.78 is 8.69. The second-order valence-corrected chi connectivity index (χ2v) is 16.9. The van der Waals surface area contributed by atoms with E-state index in [0.29, 0.717) is 12.2 Å². The van der Waals surface area contributed by atoms with Gasteiger partial charge in [0.25, 0.3) is 0 Å². The minimum Gasteiger partial charge on any atom is -0.494 e. The van der Waals surface area contributed by atoms with E-state index in [1.807, 2.05) is 18.2 Å². The first-order chi connectivity index (χ1) is 29.4. The van der Waals surface area contributed by atoms with Crippen molar-refractivity contribution < 1.29 is 14.6 Å². The van der Waals surface area contributed by atoms with E-state index in [1.54, 1.807) is 11.8 Å². The smallest absolute Gasteiger partial charge is 0.346 e. The first-order valence-corrected chi connectivity index (χ1v) is 22.9. The number of carboxylic acids is 1. The highest BCUT2D eigenvalue weighted by atomic mass is 32.2. The van der Waals surface area contributed by atoms with E-state index in [2.05, 4.69) is 126 Å². The molecule has 0 saturated heterocycles. The van der Waals surface area contributed by atoms with Crippen LogP contribution in [-0.2, 0) is 11.3 Å². The Kier molecular flexibility index (Phi) is 14.5. The maximum absolute atomic E-state index is 11.7. The number of rotatable bonds is 21. The number of ether oxygens (including phenoxy) is 1. The largest absolute Gasteiger partial charge is 0.494 e. The van der Waals surface area contributed by atoms with Crippen LogP contribution in [0.1, 0.15) is 103 Å². The molecule has 1 aliphatic rings. The van der Waals surface area contributed by atoms with Gasteiger partial charge in [0.2, 0.25) is 0 Å². The third kappa shape index (κ3) is 9.69. The van der Waals surface area contributed by atoms with Crippen molar-refractivity contribution in [1.29, 1.82) is 5.26 Å². The SMILES string of the molecule is CCCCCCOc1ccc(N(c2ccc3c(c2)Sc2cc(/C=C(/C#N)C(=O)O)ccc2N3CCCCCC)c2ccc3c(c2)c2ccccc2n3CCCCCC)cc1. The monoisotopic (exact) mass is 818 g/mol. The highest BCUT2D eigenvalue weighted by Crippen LogP contribution is 2.51. The minimum absolute atomic E-state index is 0.282. The van der Waals surface area contributed by atoms with Gasteiger partial charge in [-0.15, -0.1) is 0 Å². The van der Waals surface area contributed by atoms with E-state index in [9.17, 15) is 15.2 Å². The van der Waals surface area contributed by atoms with Gasteiger partial charge >= 0.3 is 5.97 Å². The van der Waals surface area contributed by atoms with Crippen LogP contribution in [0.3, 0.4) is 0 Å². The van der Waals surface area contributed by atoms with Gasteiger partial charge in [0.1, 0.15) is 17.4 Å². The van der Waals surface area contributed by atoms with E-state index in [1.165, 1.54) is 79.2 Å². The van der Waals surface area contributed by atoms with Crippen molar-refractivity contribution in [2.24, 2.45) is 0 Å². The van der Waals surface area contributed by atoms with E-state index < -0.39 is 5.97 Å². The normalized spacial score (nSPS) is 12.4. The van der Waals surface area contributed by atoms with E-state index >= 15 is 0 Å². The zero-order valence-corrected chi connectivity index (χ0v) is 36.3. The number of nitriles is 1. The van der Waals surface area contributed by atoms with Crippen LogP contribution in [-0.4, -0.2) is 28.8 Å². The molecule has 1 N–H and O–H groups in total. The molecule has 0 bridgehead atoms. The van der Waals surface area contributed by atoms with Crippen LogP contribution >= 0.6 is 11.8 Å². The molecule has 0 unspecified atom stereocenters. The number of hydrogen-bond donors (Lipinski definition) is 1. The molecule has 310 valence electrons. The lowest BCUT2D eigenvalue weighted by Gasteiger charge is -2.34. The number of hydrogen-bond acceptors (Lipinski definition) is 6. The third-order valence-corrected chi connectivity index (χ3v) is 12.6. The Labute approximate surface area is 360 Å². The Morgan fingerprint density at radius 3 is 2.02 bits per heavy atom. The summed E-state index contributed by atoms with van der Waals surface area (Å²) in [6.45, 7) is 9.31. The molecule has 60 heavy (non-hydrogen) atoms. The third-order valence-electron chi connectivity index (χ3n) is 11.5. The number of unbranched alkanes of at least 4 members (excludes halogenated alkanes) is 9. The van der Waals surface area contributed by atoms with Crippen molar-refractivity contribution in [3.63, 3.8) is 0 Å². The molecular weight excluding hydrogens is 761 g/mol. The van der Waals surface area contributed by atoms with Crippen LogP contribution < -0.4 is 14.5 Å². The van der Waals surface area contributed by atoms with Gasteiger partial charge in [0.15, 0.2) is 0 Å². The van der Waals surface area contributed by atoms with Crippen LogP contribution in [0, 0.1) is 11.3 Å². The molecule has 0 fully saturated rings. The van der Waals surface area contributed by atoms with E-state index in [4.69, 9.17) is 4.74 Å². The van der Waals surface area contributed by atoms with Gasteiger partial charge in [-0.05, 0) is 110 Å². The zero-order chi connectivity index (χ0) is 41.8. The van der Waals surface area contributed by atoms with Crippen LogP contribution in [0.4, 0.5) is 28.4 Å². The molecule has 0 amide bonds. The van der Waals surface area contributed by atoms with Gasteiger partial charge in [0.05, 0.1) is 18.0 Å². The predicted octanol–water partition coefficient (Wildman–Crippen LogP) is 15.0. The average molecular weight is 819 g/mol. The maximum Gasteiger partial charge on any atom is 0.346 e. The molecule has 0 radical (unpaired) electrons. The number of para-hydroxylation sites is 1. The van der Waals surface area contributed by atoms with Gasteiger partial charge in [-0.3, -0.25) is 0 Å². The summed E-state index contributed by atoms with van der Waals surface area (Å²) in [6, 6.07) is 38.8. The summed E-state index contributed by atoms with van der Waals surface area (Å²) in [7, 11) is 0. The number of aromatic nitrogens is 1. The van der Waals surface area contributed by atoms with E-state index in [-0.39, 0.29) is 5.57 Å². The minimum atomic E-state index is -1.23. The highest BCUT2D eigenvalue weighted by Gasteiger charge is 2.26. The van der Waals surface area contributed by atoms with Crippen molar-refractivity contribution in [2.75, 3.05) is 23.0 Å². The summed E-state index contributed by atoms with van der Waals surface area (Å²) in [6.07, 6.45) is 15.5. The van der Waals surface area contributed by atoms with E-state index in [0.717, 1.165) is 82.8 Å².